The van der Waals surface area contributed by atoms with Gasteiger partial charge >= 0.3 is 6.09 Å². The normalized spacial score (nSPS) is 13.1. The molecule has 3 aromatic carbocycles. The van der Waals surface area contributed by atoms with E-state index in [1.165, 1.54) is 0 Å². The van der Waals surface area contributed by atoms with E-state index in [1.807, 2.05) is 49.4 Å². The fourth-order valence-corrected chi connectivity index (χ4v) is 3.70. The average Bonchev–Trinajstić information content (AvgIpc) is 2.68. The van der Waals surface area contributed by atoms with E-state index in [0.717, 1.165) is 14.3 Å². The number of benzene rings is 3. The van der Waals surface area contributed by atoms with Crippen LogP contribution in [0.5, 0.6) is 5.75 Å². The maximum atomic E-state index is 12.7. The number of aliphatic hydroxyl groups is 1. The number of anilines is 1. The number of carbonyl (C=O) groups excluding carboxylic acids is 1. The number of hydrogen-bond acceptors (Lipinski definition) is 4. The minimum atomic E-state index is -0.683. The van der Waals surface area contributed by atoms with E-state index >= 15 is 0 Å². The largest absolute Gasteiger partial charge is 0.508 e. The van der Waals surface area contributed by atoms with Crippen molar-refractivity contribution in [2.45, 2.75) is 19.4 Å². The van der Waals surface area contributed by atoms with Gasteiger partial charge in [-0.15, -0.1) is 0 Å². The molecule has 0 aliphatic heterocycles. The molecule has 2 atom stereocenters. The number of aromatic hydroxyl groups is 1. The summed E-state index contributed by atoms with van der Waals surface area (Å²) in [6, 6.07) is 18.6. The number of halogens is 1. The number of phenols is 1. The van der Waals surface area contributed by atoms with Crippen LogP contribution in [0, 0.1) is 9.49 Å². The van der Waals surface area contributed by atoms with Crippen molar-refractivity contribution in [3.8, 4) is 5.75 Å². The number of aliphatic hydroxyl groups excluding tert-OH is 1. The molecule has 0 heterocycles. The van der Waals surface area contributed by atoms with Crippen molar-refractivity contribution in [3.05, 3.63) is 69.8 Å². The second-order valence-electron chi connectivity index (χ2n) is 6.67. The summed E-state index contributed by atoms with van der Waals surface area (Å²) in [6.07, 6.45) is -0.849. The van der Waals surface area contributed by atoms with E-state index < -0.39 is 12.2 Å². The molecule has 146 valence electrons. The molecule has 0 aliphatic rings. The molecular weight excluding hydrogens is 469 g/mol. The van der Waals surface area contributed by atoms with Gasteiger partial charge in [0.2, 0.25) is 0 Å². The average molecular weight is 491 g/mol. The Morgan fingerprint density at radius 1 is 1.14 bits per heavy atom. The van der Waals surface area contributed by atoms with Gasteiger partial charge in [-0.05, 0) is 64.6 Å². The Hall–Kier alpha value is -2.32. The Morgan fingerprint density at radius 3 is 2.68 bits per heavy atom. The molecule has 0 aromatic heterocycles. The van der Waals surface area contributed by atoms with Gasteiger partial charge in [0.1, 0.15) is 11.9 Å². The van der Waals surface area contributed by atoms with Gasteiger partial charge in [-0.2, -0.15) is 0 Å². The molecule has 6 heteroatoms. The number of carbonyl (C=O) groups is 1. The third-order valence-electron chi connectivity index (χ3n) is 4.66. The standard InChI is InChI=1S/C22H22INO4/c1-14(11-12-25)21(18-13-16(23)9-10-20(18)26)28-22(27)24-19-8-4-6-15-5-2-3-7-17(15)19/h2-10,13-14,21,25-26H,11-12H2,1H3,(H,24,27)/t14-,21-/m0/s1. The highest BCUT2D eigenvalue weighted by atomic mass is 127. The lowest BCUT2D eigenvalue weighted by atomic mass is 9.94. The SMILES string of the molecule is C[C@@H](CCO)[C@H](OC(=O)Nc1cccc2ccccc12)c1cc(I)ccc1O. The van der Waals surface area contributed by atoms with Crippen LogP contribution in [0.1, 0.15) is 25.0 Å². The topological polar surface area (TPSA) is 78.8 Å². The molecule has 0 saturated heterocycles. The first-order chi connectivity index (χ1) is 13.5. The highest BCUT2D eigenvalue weighted by Gasteiger charge is 2.26. The smallest absolute Gasteiger partial charge is 0.412 e. The van der Waals surface area contributed by atoms with Gasteiger partial charge in [-0.1, -0.05) is 43.3 Å². The molecule has 0 fully saturated rings. The zero-order valence-corrected chi connectivity index (χ0v) is 17.6. The van der Waals surface area contributed by atoms with Crippen molar-refractivity contribution in [1.29, 1.82) is 0 Å². The van der Waals surface area contributed by atoms with E-state index in [2.05, 4.69) is 27.9 Å². The number of fused-ring (bicyclic) bond motifs is 1. The second kappa shape index (κ2) is 9.25. The summed E-state index contributed by atoms with van der Waals surface area (Å²) < 4.78 is 6.64. The fraction of sp³-hybridized carbons (Fsp3) is 0.227. The van der Waals surface area contributed by atoms with E-state index in [4.69, 9.17) is 4.74 Å². The van der Waals surface area contributed by atoms with Crippen LogP contribution in [0.2, 0.25) is 0 Å². The van der Waals surface area contributed by atoms with E-state index in [1.54, 1.807) is 18.2 Å². The van der Waals surface area contributed by atoms with Gasteiger partial charge in [0.25, 0.3) is 0 Å². The molecule has 28 heavy (non-hydrogen) atoms. The van der Waals surface area contributed by atoms with Crippen LogP contribution in [0.15, 0.2) is 60.7 Å². The summed E-state index contributed by atoms with van der Waals surface area (Å²) in [6.45, 7) is 1.85. The number of rotatable bonds is 6. The molecule has 3 aromatic rings. The predicted molar refractivity (Wildman–Crippen MR) is 118 cm³/mol. The fourth-order valence-electron chi connectivity index (χ4n) is 3.18. The van der Waals surface area contributed by atoms with Crippen LogP contribution >= 0.6 is 22.6 Å². The first-order valence-corrected chi connectivity index (χ1v) is 10.1. The lowest BCUT2D eigenvalue weighted by Crippen LogP contribution is -2.23. The zero-order chi connectivity index (χ0) is 20.1. The molecule has 0 saturated carbocycles. The van der Waals surface area contributed by atoms with Gasteiger partial charge in [0.15, 0.2) is 0 Å². The number of nitrogens with one attached hydrogen (secondary N) is 1. The predicted octanol–water partition coefficient (Wildman–Crippen LogP) is 5.46. The lowest BCUT2D eigenvalue weighted by Gasteiger charge is -2.25. The van der Waals surface area contributed by atoms with Gasteiger partial charge in [-0.3, -0.25) is 5.32 Å². The molecular formula is C22H22INO4. The summed E-state index contributed by atoms with van der Waals surface area (Å²) in [7, 11) is 0. The molecule has 5 nitrogen and oxygen atoms in total. The highest BCUT2D eigenvalue weighted by molar-refractivity contribution is 14.1. The lowest BCUT2D eigenvalue weighted by molar-refractivity contribution is 0.0652. The van der Waals surface area contributed by atoms with Crippen LogP contribution in [-0.4, -0.2) is 22.9 Å². The van der Waals surface area contributed by atoms with E-state index in [0.29, 0.717) is 17.7 Å². The summed E-state index contributed by atoms with van der Waals surface area (Å²) in [4.78, 5) is 12.7. The quantitative estimate of drug-likeness (QED) is 0.401. The van der Waals surface area contributed by atoms with Crippen LogP contribution in [0.25, 0.3) is 10.8 Å². The van der Waals surface area contributed by atoms with Gasteiger partial charge < -0.3 is 14.9 Å². The zero-order valence-electron chi connectivity index (χ0n) is 15.4. The Balaban J connectivity index is 1.85. The van der Waals surface area contributed by atoms with E-state index in [-0.39, 0.29) is 18.3 Å². The first-order valence-electron chi connectivity index (χ1n) is 9.04. The molecule has 3 rings (SSSR count). The molecule has 0 aliphatic carbocycles. The molecule has 3 N–H and O–H groups in total. The second-order valence-corrected chi connectivity index (χ2v) is 7.92. The first kappa shape index (κ1) is 20.4. The Labute approximate surface area is 177 Å². The van der Waals surface area contributed by atoms with Crippen LogP contribution < -0.4 is 5.32 Å². The van der Waals surface area contributed by atoms with Crippen molar-refractivity contribution in [2.75, 3.05) is 11.9 Å². The third-order valence-corrected chi connectivity index (χ3v) is 5.33. The van der Waals surface area contributed by atoms with Crippen LogP contribution in [-0.2, 0) is 4.74 Å². The molecule has 0 radical (unpaired) electrons. The molecule has 0 bridgehead atoms. The van der Waals surface area contributed by atoms with Crippen LogP contribution in [0.3, 0.4) is 0 Å². The van der Waals surface area contributed by atoms with Gasteiger partial charge in [0.05, 0.1) is 5.69 Å². The van der Waals surface area contributed by atoms with Gasteiger partial charge in [-0.25, -0.2) is 4.79 Å². The third kappa shape index (κ3) is 4.74. The summed E-state index contributed by atoms with van der Waals surface area (Å²) in [5.41, 5.74) is 1.18. The van der Waals surface area contributed by atoms with E-state index in [9.17, 15) is 15.0 Å². The van der Waals surface area contributed by atoms with Crippen molar-refractivity contribution in [1.82, 2.24) is 0 Å². The summed E-state index contributed by atoms with van der Waals surface area (Å²) in [5.74, 6) is -0.111. The molecule has 0 unspecified atom stereocenters. The Kier molecular flexibility index (Phi) is 6.74. The molecule has 0 spiro atoms. The van der Waals surface area contributed by atoms with Crippen molar-refractivity contribution >= 4 is 45.1 Å². The maximum absolute atomic E-state index is 12.7. The van der Waals surface area contributed by atoms with Crippen LogP contribution in [0.4, 0.5) is 10.5 Å². The maximum Gasteiger partial charge on any atom is 0.412 e. The minimum absolute atomic E-state index is 0.0311. The van der Waals surface area contributed by atoms with Gasteiger partial charge in [0, 0.05) is 21.1 Å². The summed E-state index contributed by atoms with van der Waals surface area (Å²) in [5, 5.41) is 24.4. The number of phenolic OH excluding ortho intramolecular Hbond substituents is 1. The highest BCUT2D eigenvalue weighted by Crippen LogP contribution is 2.35. The number of ether oxygens (including phenoxy) is 1. The molecule has 1 amide bonds. The number of hydrogen-bond donors (Lipinski definition) is 3. The monoisotopic (exact) mass is 491 g/mol. The Bertz CT molecular complexity index is 970. The summed E-state index contributed by atoms with van der Waals surface area (Å²) >= 11 is 2.15. The van der Waals surface area contributed by atoms with Crippen molar-refractivity contribution in [2.24, 2.45) is 5.92 Å². The minimum Gasteiger partial charge on any atom is -0.508 e. The van der Waals surface area contributed by atoms with Crippen molar-refractivity contribution in [3.63, 3.8) is 0 Å². The number of amides is 1. The Morgan fingerprint density at radius 2 is 1.89 bits per heavy atom. The van der Waals surface area contributed by atoms with Crippen molar-refractivity contribution < 1.29 is 19.7 Å².